The van der Waals surface area contributed by atoms with E-state index in [-0.39, 0.29) is 6.10 Å². The summed E-state index contributed by atoms with van der Waals surface area (Å²) in [7, 11) is 0. The van der Waals surface area contributed by atoms with Crippen LogP contribution < -0.4 is 20.1 Å². The highest BCUT2D eigenvalue weighted by Crippen LogP contribution is 2.31. The zero-order valence-corrected chi connectivity index (χ0v) is 33.7. The molecule has 1 atom stereocenters. The highest BCUT2D eigenvalue weighted by atomic mass is 16.5. The van der Waals surface area contributed by atoms with Crippen LogP contribution in [0, 0.1) is 11.8 Å². The lowest BCUT2D eigenvalue weighted by Gasteiger charge is -2.21. The molecule has 2 N–H and O–H groups in total. The Morgan fingerprint density at radius 1 is 0.593 bits per heavy atom. The predicted octanol–water partition coefficient (Wildman–Crippen LogP) is 10.9. The topological polar surface area (TPSA) is 78.1 Å². The summed E-state index contributed by atoms with van der Waals surface area (Å²) < 4.78 is 24.4. The maximum atomic E-state index is 11.5. The van der Waals surface area contributed by atoms with Crippen molar-refractivity contribution in [2.24, 2.45) is 0 Å². The number of anilines is 1. The van der Waals surface area contributed by atoms with Gasteiger partial charge in [-0.05, 0) is 89.2 Å². The van der Waals surface area contributed by atoms with Gasteiger partial charge in [0.15, 0.2) is 0 Å². The van der Waals surface area contributed by atoms with E-state index >= 15 is 0 Å². The zero-order valence-electron chi connectivity index (χ0n) is 33.7. The smallest absolute Gasteiger partial charge is 0.211 e. The minimum absolute atomic E-state index is 0.214. The summed E-state index contributed by atoms with van der Waals surface area (Å²) in [6.45, 7) is 4.32. The van der Waals surface area contributed by atoms with Crippen LogP contribution in [0.1, 0.15) is 66.0 Å². The molecule has 7 heteroatoms. The molecule has 1 amide bonds. The summed E-state index contributed by atoms with van der Waals surface area (Å²) in [6.07, 6.45) is 5.47. The van der Waals surface area contributed by atoms with Gasteiger partial charge in [-0.2, -0.15) is 0 Å². The first-order chi connectivity index (χ1) is 29.2. The van der Waals surface area contributed by atoms with Crippen LogP contribution in [0.2, 0.25) is 0 Å². The SMILES string of the molecule is O=CNc1cc([C@H](CNCCCCCCOCCC#Cc2cccc(-c3cccc(OCc4ccccc4)c3)c2)OCc2ccccc2)ccc1OCc1ccccc1. The number of ether oxygens (including phenoxy) is 4. The highest BCUT2D eigenvalue weighted by Gasteiger charge is 2.16. The van der Waals surface area contributed by atoms with Gasteiger partial charge in [0.25, 0.3) is 0 Å². The number of unbranched alkanes of at least 4 members (excludes halogenated alkanes) is 3. The molecule has 0 unspecified atom stereocenters. The fourth-order valence-electron chi connectivity index (χ4n) is 6.54. The summed E-state index contributed by atoms with van der Waals surface area (Å²) in [6, 6.07) is 52.7. The molecule has 0 aromatic heterocycles. The fourth-order valence-corrected chi connectivity index (χ4v) is 6.54. The molecule has 302 valence electrons. The van der Waals surface area contributed by atoms with E-state index in [1.165, 1.54) is 0 Å². The molecule has 0 aliphatic heterocycles. The van der Waals surface area contributed by atoms with E-state index in [2.05, 4.69) is 71.0 Å². The average Bonchev–Trinajstić information content (AvgIpc) is 3.29. The van der Waals surface area contributed by atoms with Crippen molar-refractivity contribution >= 4 is 12.1 Å². The van der Waals surface area contributed by atoms with Crippen LogP contribution in [0.3, 0.4) is 0 Å². The number of carbonyl (C=O) groups is 1. The Morgan fingerprint density at radius 3 is 1.98 bits per heavy atom. The number of nitrogens with one attached hydrogen (secondary N) is 2. The van der Waals surface area contributed by atoms with Crippen LogP contribution in [0.15, 0.2) is 158 Å². The highest BCUT2D eigenvalue weighted by molar-refractivity contribution is 5.76. The van der Waals surface area contributed by atoms with Crippen molar-refractivity contribution < 1.29 is 23.7 Å². The van der Waals surface area contributed by atoms with Crippen LogP contribution in [0.4, 0.5) is 5.69 Å². The monoisotopic (exact) mass is 786 g/mol. The van der Waals surface area contributed by atoms with Crippen molar-refractivity contribution in [3.8, 4) is 34.5 Å². The number of rotatable bonds is 24. The van der Waals surface area contributed by atoms with Crippen molar-refractivity contribution in [3.05, 3.63) is 186 Å². The Morgan fingerprint density at radius 2 is 1.25 bits per heavy atom. The second-order valence-electron chi connectivity index (χ2n) is 14.2. The van der Waals surface area contributed by atoms with Gasteiger partial charge in [-0.1, -0.05) is 146 Å². The molecule has 0 saturated heterocycles. The Bertz CT molecular complexity index is 2180. The number of benzene rings is 6. The van der Waals surface area contributed by atoms with E-state index in [4.69, 9.17) is 18.9 Å². The van der Waals surface area contributed by atoms with Gasteiger partial charge in [-0.25, -0.2) is 0 Å². The van der Waals surface area contributed by atoms with Gasteiger partial charge in [0.1, 0.15) is 24.7 Å². The first kappa shape index (κ1) is 42.4. The molecule has 6 aromatic carbocycles. The predicted molar refractivity (Wildman–Crippen MR) is 237 cm³/mol. The third-order valence-electron chi connectivity index (χ3n) is 9.73. The van der Waals surface area contributed by atoms with E-state index in [9.17, 15) is 4.79 Å². The Kier molecular flexibility index (Phi) is 17.7. The quantitative estimate of drug-likeness (QED) is 0.0361. The second-order valence-corrected chi connectivity index (χ2v) is 14.2. The summed E-state index contributed by atoms with van der Waals surface area (Å²) in [4.78, 5) is 11.5. The second kappa shape index (κ2) is 24.6. The molecule has 0 bridgehead atoms. The number of hydrogen-bond donors (Lipinski definition) is 2. The molecule has 0 fully saturated rings. The molecule has 0 radical (unpaired) electrons. The molecule has 59 heavy (non-hydrogen) atoms. The van der Waals surface area contributed by atoms with E-state index in [0.717, 1.165) is 83.5 Å². The summed E-state index contributed by atoms with van der Waals surface area (Å²) in [5.74, 6) is 8.04. The van der Waals surface area contributed by atoms with Gasteiger partial charge in [0, 0.05) is 25.1 Å². The van der Waals surface area contributed by atoms with Crippen LogP contribution in [-0.2, 0) is 34.1 Å². The van der Waals surface area contributed by atoms with E-state index in [1.54, 1.807) is 0 Å². The lowest BCUT2D eigenvalue weighted by molar-refractivity contribution is -0.105. The Labute approximate surface area is 349 Å². The molecule has 0 spiro atoms. The third kappa shape index (κ3) is 14.9. The maximum absolute atomic E-state index is 11.5. The largest absolute Gasteiger partial charge is 0.489 e. The number of carbonyl (C=O) groups excluding carboxylic acids is 1. The molecule has 0 aliphatic carbocycles. The van der Waals surface area contributed by atoms with E-state index in [1.807, 2.05) is 109 Å². The van der Waals surface area contributed by atoms with Crippen LogP contribution in [0.25, 0.3) is 11.1 Å². The van der Waals surface area contributed by atoms with E-state index < -0.39 is 0 Å². The van der Waals surface area contributed by atoms with Crippen molar-refractivity contribution in [3.63, 3.8) is 0 Å². The first-order valence-electron chi connectivity index (χ1n) is 20.5. The number of amides is 1. The van der Waals surface area contributed by atoms with Crippen LogP contribution in [0.5, 0.6) is 11.5 Å². The summed E-state index contributed by atoms with van der Waals surface area (Å²) >= 11 is 0. The lowest BCUT2D eigenvalue weighted by atomic mass is 10.0. The summed E-state index contributed by atoms with van der Waals surface area (Å²) in [5.41, 5.74) is 8.09. The van der Waals surface area contributed by atoms with Gasteiger partial charge in [0.2, 0.25) is 6.41 Å². The van der Waals surface area contributed by atoms with Gasteiger partial charge in [-0.15, -0.1) is 0 Å². The minimum Gasteiger partial charge on any atom is -0.489 e. The summed E-state index contributed by atoms with van der Waals surface area (Å²) in [5, 5.41) is 6.42. The van der Waals surface area contributed by atoms with Crippen molar-refractivity contribution in [1.29, 1.82) is 0 Å². The van der Waals surface area contributed by atoms with Gasteiger partial charge in [-0.3, -0.25) is 4.79 Å². The average molecular weight is 787 g/mol. The molecule has 6 rings (SSSR count). The molecule has 7 nitrogen and oxygen atoms in total. The molecule has 0 heterocycles. The Balaban J connectivity index is 0.877. The van der Waals surface area contributed by atoms with Crippen LogP contribution in [-0.4, -0.2) is 32.7 Å². The fraction of sp³-hybridized carbons (Fsp3) is 0.250. The Hall–Kier alpha value is -6.17. The zero-order chi connectivity index (χ0) is 40.6. The molecule has 0 aliphatic rings. The third-order valence-corrected chi connectivity index (χ3v) is 9.73. The molecular formula is C52H54N2O5. The van der Waals surface area contributed by atoms with E-state index in [0.29, 0.717) is 57.2 Å². The van der Waals surface area contributed by atoms with Crippen molar-refractivity contribution in [2.45, 2.75) is 58.0 Å². The van der Waals surface area contributed by atoms with Gasteiger partial charge >= 0.3 is 0 Å². The first-order valence-corrected chi connectivity index (χ1v) is 20.5. The van der Waals surface area contributed by atoms with Crippen LogP contribution >= 0.6 is 0 Å². The van der Waals surface area contributed by atoms with Crippen molar-refractivity contribution in [2.75, 3.05) is 31.6 Å². The molecular weight excluding hydrogens is 733 g/mol. The van der Waals surface area contributed by atoms with Crippen molar-refractivity contribution in [1.82, 2.24) is 5.32 Å². The van der Waals surface area contributed by atoms with Gasteiger partial charge in [0.05, 0.1) is 25.0 Å². The lowest BCUT2D eigenvalue weighted by Crippen LogP contribution is -2.24. The number of hydrogen-bond acceptors (Lipinski definition) is 6. The molecule has 6 aromatic rings. The molecule has 0 saturated carbocycles. The van der Waals surface area contributed by atoms with Gasteiger partial charge < -0.3 is 29.6 Å². The normalized spacial score (nSPS) is 11.3. The minimum atomic E-state index is -0.214. The maximum Gasteiger partial charge on any atom is 0.211 e. The standard InChI is InChI=1S/C52H54N2O5/c55-41-54-50-36-48(29-30-51(50)58-39-44-21-8-4-9-22-44)52(59-40-45-23-10-5-11-24-45)37-53-31-13-1-2-14-32-56-33-15-12-18-42-25-16-26-46(34-42)47-27-17-28-49(35-47)57-38-43-19-6-3-7-20-43/h3-11,16-17,19-30,34-36,41,52-53H,1-2,13-15,31-33,37-40H2,(H,54,55)/t52-/m0/s1.